The van der Waals surface area contributed by atoms with Gasteiger partial charge in [0.25, 0.3) is 0 Å². The molecule has 0 aromatic heterocycles. The molecule has 2 aromatic carbocycles. The lowest BCUT2D eigenvalue weighted by atomic mass is 10.1. The minimum absolute atomic E-state index is 0.348. The van der Waals surface area contributed by atoms with Crippen molar-refractivity contribution in [2.75, 3.05) is 6.61 Å². The molecule has 104 valence electrons. The van der Waals surface area contributed by atoms with Gasteiger partial charge in [0.15, 0.2) is 6.10 Å². The van der Waals surface area contributed by atoms with Crippen molar-refractivity contribution >= 4 is 5.97 Å². The van der Waals surface area contributed by atoms with Crippen LogP contribution in [0.15, 0.2) is 54.6 Å². The summed E-state index contributed by atoms with van der Waals surface area (Å²) in [6.45, 7) is 3.82. The van der Waals surface area contributed by atoms with Crippen LogP contribution in [0.2, 0.25) is 0 Å². The molecule has 0 radical (unpaired) electrons. The van der Waals surface area contributed by atoms with Gasteiger partial charge in [0, 0.05) is 0 Å². The second kappa shape index (κ2) is 6.75. The van der Waals surface area contributed by atoms with Crippen LogP contribution >= 0.6 is 0 Å². The first-order chi connectivity index (χ1) is 9.70. The van der Waals surface area contributed by atoms with E-state index in [4.69, 9.17) is 9.47 Å². The van der Waals surface area contributed by atoms with Crippen LogP contribution in [-0.4, -0.2) is 18.7 Å². The van der Waals surface area contributed by atoms with Gasteiger partial charge in [-0.15, -0.1) is 0 Å². The van der Waals surface area contributed by atoms with Gasteiger partial charge in [-0.25, -0.2) is 4.79 Å². The Morgan fingerprint density at radius 3 is 2.20 bits per heavy atom. The summed E-state index contributed by atoms with van der Waals surface area (Å²) >= 11 is 0. The van der Waals surface area contributed by atoms with Gasteiger partial charge in [0.1, 0.15) is 5.75 Å². The van der Waals surface area contributed by atoms with Crippen LogP contribution < -0.4 is 4.74 Å². The molecule has 1 atom stereocenters. The first kappa shape index (κ1) is 14.1. The molecule has 0 amide bonds. The highest BCUT2D eigenvalue weighted by atomic mass is 16.6. The van der Waals surface area contributed by atoms with E-state index in [1.807, 2.05) is 42.5 Å². The molecule has 1 unspecified atom stereocenters. The second-order valence-electron chi connectivity index (χ2n) is 4.40. The molecular formula is C17H18O3. The molecule has 3 heteroatoms. The summed E-state index contributed by atoms with van der Waals surface area (Å²) in [6.07, 6.45) is -0.600. The standard InChI is InChI=1S/C17H18O3/c1-3-19-17(18)13(2)20-16-11-9-15(10-12-16)14-7-5-4-6-8-14/h4-13H,3H2,1-2H3. The number of rotatable bonds is 5. The second-order valence-corrected chi connectivity index (χ2v) is 4.40. The van der Waals surface area contributed by atoms with Crippen LogP contribution in [0, 0.1) is 0 Å². The fraction of sp³-hybridized carbons (Fsp3) is 0.235. The van der Waals surface area contributed by atoms with Gasteiger partial charge in [-0.3, -0.25) is 0 Å². The average molecular weight is 270 g/mol. The summed E-state index contributed by atoms with van der Waals surface area (Å²) in [5.74, 6) is 0.310. The van der Waals surface area contributed by atoms with Crippen molar-refractivity contribution < 1.29 is 14.3 Å². The Bertz CT molecular complexity index is 546. The molecule has 0 aliphatic rings. The highest BCUT2D eigenvalue weighted by Gasteiger charge is 2.15. The Labute approximate surface area is 119 Å². The van der Waals surface area contributed by atoms with Crippen molar-refractivity contribution in [2.45, 2.75) is 20.0 Å². The summed E-state index contributed by atoms with van der Waals surface area (Å²) in [4.78, 5) is 11.5. The largest absolute Gasteiger partial charge is 0.479 e. The van der Waals surface area contributed by atoms with Crippen molar-refractivity contribution in [1.82, 2.24) is 0 Å². The molecule has 0 aliphatic carbocycles. The van der Waals surface area contributed by atoms with E-state index in [1.165, 1.54) is 0 Å². The van der Waals surface area contributed by atoms with Crippen LogP contribution in [0.1, 0.15) is 13.8 Å². The molecule has 0 aliphatic heterocycles. The summed E-state index contributed by atoms with van der Waals surface area (Å²) < 4.78 is 10.4. The summed E-state index contributed by atoms with van der Waals surface area (Å²) in [5.41, 5.74) is 2.26. The van der Waals surface area contributed by atoms with Crippen molar-refractivity contribution in [2.24, 2.45) is 0 Å². The minimum Gasteiger partial charge on any atom is -0.479 e. The lowest BCUT2D eigenvalue weighted by Crippen LogP contribution is -2.25. The van der Waals surface area contributed by atoms with Crippen LogP contribution in [0.4, 0.5) is 0 Å². The van der Waals surface area contributed by atoms with Crippen molar-refractivity contribution in [3.8, 4) is 16.9 Å². The Hall–Kier alpha value is -2.29. The summed E-state index contributed by atoms with van der Waals surface area (Å²) in [5, 5.41) is 0. The van der Waals surface area contributed by atoms with Gasteiger partial charge < -0.3 is 9.47 Å². The van der Waals surface area contributed by atoms with Gasteiger partial charge in [-0.2, -0.15) is 0 Å². The highest BCUT2D eigenvalue weighted by Crippen LogP contribution is 2.22. The summed E-state index contributed by atoms with van der Waals surface area (Å²) in [6, 6.07) is 17.8. The van der Waals surface area contributed by atoms with E-state index in [2.05, 4.69) is 12.1 Å². The molecule has 0 fully saturated rings. The number of ether oxygens (including phenoxy) is 2. The van der Waals surface area contributed by atoms with Gasteiger partial charge in [0.05, 0.1) is 6.61 Å². The van der Waals surface area contributed by atoms with Crippen LogP contribution in [0.3, 0.4) is 0 Å². The van der Waals surface area contributed by atoms with Crippen molar-refractivity contribution in [3.05, 3.63) is 54.6 Å². The monoisotopic (exact) mass is 270 g/mol. The molecule has 3 nitrogen and oxygen atoms in total. The molecule has 0 N–H and O–H groups in total. The fourth-order valence-corrected chi connectivity index (χ4v) is 1.87. The smallest absolute Gasteiger partial charge is 0.347 e. The number of esters is 1. The predicted molar refractivity (Wildman–Crippen MR) is 78.6 cm³/mol. The summed E-state index contributed by atoms with van der Waals surface area (Å²) in [7, 11) is 0. The molecule has 20 heavy (non-hydrogen) atoms. The zero-order valence-electron chi connectivity index (χ0n) is 11.7. The number of benzene rings is 2. The maximum absolute atomic E-state index is 11.5. The first-order valence-corrected chi connectivity index (χ1v) is 6.69. The third-order valence-electron chi connectivity index (χ3n) is 2.89. The van der Waals surface area contributed by atoms with Crippen LogP contribution in [0.25, 0.3) is 11.1 Å². The molecule has 0 bridgehead atoms. The Kier molecular flexibility index (Phi) is 4.77. The number of carbonyl (C=O) groups excluding carboxylic acids is 1. The van der Waals surface area contributed by atoms with E-state index in [0.29, 0.717) is 12.4 Å². The van der Waals surface area contributed by atoms with Crippen molar-refractivity contribution in [1.29, 1.82) is 0 Å². The Morgan fingerprint density at radius 1 is 1.00 bits per heavy atom. The fourth-order valence-electron chi connectivity index (χ4n) is 1.87. The molecule has 2 rings (SSSR count). The Morgan fingerprint density at radius 2 is 1.60 bits per heavy atom. The first-order valence-electron chi connectivity index (χ1n) is 6.69. The molecule has 0 heterocycles. The number of carbonyl (C=O) groups is 1. The van der Waals surface area contributed by atoms with Crippen molar-refractivity contribution in [3.63, 3.8) is 0 Å². The average Bonchev–Trinajstić information content (AvgIpc) is 2.49. The predicted octanol–water partition coefficient (Wildman–Crippen LogP) is 3.68. The molecule has 2 aromatic rings. The maximum atomic E-state index is 11.5. The normalized spacial score (nSPS) is 11.7. The lowest BCUT2D eigenvalue weighted by Gasteiger charge is -2.13. The Balaban J connectivity index is 2.04. The third-order valence-corrected chi connectivity index (χ3v) is 2.89. The molecular weight excluding hydrogens is 252 g/mol. The SMILES string of the molecule is CCOC(=O)C(C)Oc1ccc(-c2ccccc2)cc1. The van der Waals surface area contributed by atoms with E-state index in [0.717, 1.165) is 11.1 Å². The lowest BCUT2D eigenvalue weighted by molar-refractivity contribution is -0.150. The van der Waals surface area contributed by atoms with Crippen LogP contribution in [-0.2, 0) is 9.53 Å². The van der Waals surface area contributed by atoms with E-state index >= 15 is 0 Å². The number of hydrogen-bond acceptors (Lipinski definition) is 3. The third kappa shape index (κ3) is 3.60. The van der Waals surface area contributed by atoms with E-state index in [1.54, 1.807) is 13.8 Å². The molecule has 0 saturated heterocycles. The van der Waals surface area contributed by atoms with E-state index < -0.39 is 6.10 Å². The minimum atomic E-state index is -0.600. The number of hydrogen-bond donors (Lipinski definition) is 0. The van der Waals surface area contributed by atoms with E-state index in [9.17, 15) is 4.79 Å². The molecule has 0 saturated carbocycles. The van der Waals surface area contributed by atoms with Gasteiger partial charge >= 0.3 is 5.97 Å². The van der Waals surface area contributed by atoms with Gasteiger partial charge in [-0.05, 0) is 37.1 Å². The zero-order valence-corrected chi connectivity index (χ0v) is 11.7. The quantitative estimate of drug-likeness (QED) is 0.777. The molecule has 0 spiro atoms. The zero-order chi connectivity index (χ0) is 14.4. The van der Waals surface area contributed by atoms with Gasteiger partial charge in [0.2, 0.25) is 0 Å². The maximum Gasteiger partial charge on any atom is 0.347 e. The van der Waals surface area contributed by atoms with E-state index in [-0.39, 0.29) is 5.97 Å². The topological polar surface area (TPSA) is 35.5 Å². The highest BCUT2D eigenvalue weighted by molar-refractivity contribution is 5.74. The van der Waals surface area contributed by atoms with Crippen LogP contribution in [0.5, 0.6) is 5.75 Å². The van der Waals surface area contributed by atoms with Gasteiger partial charge in [-0.1, -0.05) is 42.5 Å².